The number of likely N-dealkylation sites (N-methyl/N-ethyl adjacent to an activating group) is 1. The molecule has 3 saturated heterocycles. The number of aromatic amines is 1. The van der Waals surface area contributed by atoms with Crippen LogP contribution in [0.4, 0.5) is 10.5 Å². The number of nitrogens with zero attached hydrogens (tertiary/aromatic N) is 9. The Kier molecular flexibility index (Phi) is 25.8. The number of hydrogen-bond acceptors (Lipinski definition) is 30. The molecule has 36 heteroatoms. The highest BCUT2D eigenvalue weighted by atomic mass is 33.1. The summed E-state index contributed by atoms with van der Waals surface area (Å²) < 4.78 is 30.3. The fourth-order valence-corrected chi connectivity index (χ4v) is 21.2. The molecule has 3 unspecified atom stereocenters. The van der Waals surface area contributed by atoms with Crippen molar-refractivity contribution in [1.29, 1.82) is 0 Å². The molecule has 2 bridgehead atoms. The molecule has 34 nitrogen and oxygen atoms in total. The van der Waals surface area contributed by atoms with Gasteiger partial charge in [-0.1, -0.05) is 101 Å². The largest absolute Gasteiger partial charge is 0.496 e. The number of carbonyl (C=O) groups excluding carboxylic acids is 7. The highest BCUT2D eigenvalue weighted by molar-refractivity contribution is 8.76. The van der Waals surface area contributed by atoms with E-state index in [9.17, 15) is 64.5 Å². The van der Waals surface area contributed by atoms with Crippen LogP contribution in [0.5, 0.6) is 5.75 Å². The van der Waals surface area contributed by atoms with E-state index in [1.165, 1.54) is 43.6 Å². The lowest BCUT2D eigenvalue weighted by molar-refractivity contribution is -0.294. The number of aliphatic hydroxyl groups is 6. The molecule has 0 radical (unpaired) electrons. The van der Waals surface area contributed by atoms with E-state index in [2.05, 4.69) is 80.5 Å². The molecule has 3 amide bonds. The van der Waals surface area contributed by atoms with Crippen LogP contribution >= 0.6 is 21.6 Å². The van der Waals surface area contributed by atoms with E-state index < -0.39 is 106 Å². The predicted octanol–water partition coefficient (Wildman–Crippen LogP) is 2.00. The van der Waals surface area contributed by atoms with E-state index in [1.807, 2.05) is 50.1 Å². The Bertz CT molecular complexity index is 4840. The first kappa shape index (κ1) is 84.5. The molecule has 11 N–H and O–H groups in total. The number of carboxylic acids is 1. The maximum atomic E-state index is 15.3. The third-order valence-electron chi connectivity index (χ3n) is 24.6. The van der Waals surface area contributed by atoms with Crippen molar-refractivity contribution >= 4 is 86.3 Å². The summed E-state index contributed by atoms with van der Waals surface area (Å²) in [6.45, 7) is 9.08. The number of aliphatic hydroxyl groups excluding tert-OH is 4. The lowest BCUT2D eigenvalue weighted by atomic mass is 9.47. The number of aromatic nitrogens is 7. The van der Waals surface area contributed by atoms with E-state index >= 15 is 4.79 Å². The molecule has 8 aliphatic rings. The van der Waals surface area contributed by atoms with E-state index in [-0.39, 0.29) is 86.1 Å². The minimum Gasteiger partial charge on any atom is -0.496 e. The quantitative estimate of drug-likeness (QED) is 0.00799. The molecular formula is C80H97N13O21S2. The summed E-state index contributed by atoms with van der Waals surface area (Å²) in [5.74, 6) is -2.78. The molecule has 6 aliphatic heterocycles. The third kappa shape index (κ3) is 16.3. The van der Waals surface area contributed by atoms with Crippen LogP contribution in [0.1, 0.15) is 114 Å². The number of amides is 3. The van der Waals surface area contributed by atoms with Crippen molar-refractivity contribution in [3.63, 3.8) is 0 Å². The van der Waals surface area contributed by atoms with Gasteiger partial charge in [-0.05, 0) is 117 Å². The highest BCUT2D eigenvalue weighted by Crippen LogP contribution is 2.68. The maximum Gasteiger partial charge on any atom is 0.426 e. The molecule has 1 saturated carbocycles. The molecule has 2 aliphatic carbocycles. The van der Waals surface area contributed by atoms with Gasteiger partial charge in [-0.3, -0.25) is 39.2 Å². The van der Waals surface area contributed by atoms with Gasteiger partial charge in [0.15, 0.2) is 34.9 Å². The normalized spacial score (nSPS) is 29.0. The van der Waals surface area contributed by atoms with Gasteiger partial charge < -0.3 is 74.6 Å². The van der Waals surface area contributed by atoms with Gasteiger partial charge in [-0.2, -0.15) is 9.59 Å². The monoisotopic (exact) mass is 1640 g/mol. The number of anilines is 1. The van der Waals surface area contributed by atoms with Crippen LogP contribution in [-0.2, 0) is 90.8 Å². The topological polar surface area (TPSA) is 472 Å². The Morgan fingerprint density at radius 3 is 2.43 bits per heavy atom. The molecule has 9 heterocycles. The molecule has 14 rings (SSSR count). The average Bonchev–Trinajstić information content (AvgIpc) is 1.47. The summed E-state index contributed by atoms with van der Waals surface area (Å²) >= 11 is 0. The maximum absolute atomic E-state index is 15.3. The smallest absolute Gasteiger partial charge is 0.426 e. The number of fused-ring (bicyclic) bond motifs is 6. The standard InChI is InChI=1S/C79H97N13O19S2.CO2/c1-6-75(105)36-46-37-77(42-108-43-93,54-32-48-11-8-9-12-52(48)53(54)19-24-90(39-46)41-75)56-34-55-57(35-59(56)107-5)89(4)71-78(55)21-25-91-23-10-20-76(7-2,70(78)91)72(102)79(71,106)73(103)86-87-74(104)110-28-30-113-112-29-22-80-66(98)49(31-51-40-92(88-85-51)26-27-109-69-63(97)61(95)62(96)64(111-69)68(100)101)33-58(94)47-16-13-45(14-17-47)15-18-50-38-81-65-60(84-50)67(99)83-44(3)82-65;2-1-3/h8-14,16-17,20,34-35,38,40,43,46,49,61-64,69-72,95-97,102,105-106H,6-7,15,18-19,21-33,36-37,39,41-42H2,1-5H3,(H,80,98)(H,86,103)(H,87,104)(H,100,101)(H,81,82,83,99);/t46-,49-,61+,62+,63?,64?,69-,70+,71-,72-,75+,76-,77-,78-,79+;/m1./s1. The molecule has 1 spiro atoms. The van der Waals surface area contributed by atoms with Gasteiger partial charge in [0.1, 0.15) is 49.2 Å². The number of H-pyrrole nitrogens is 1. The SMILES string of the molecule is CC[C@]1(O)C[C@H]2CN(CCC3=C(Cc4ccccc43)[C@@](COC=O)(c3cc4c(cc3OC)N(C)[C@H]3[C@@](O)(C(=O)NNC(=O)OCCSSCCNC(=O)[C@@H](CC(=O)c5ccc(CCc6cnc7nc(C)[nH]c(=O)c7n6)cc5)Cc5cn(CCO[C@@H]6OC(C(=O)O)[C@@H](O)[C@H](O)C6O)nn5)[C@H](O)[C@]5(CC)C=CCN6CC[C@]43[C@@H]65)C2)C1.O=C=O. The van der Waals surface area contributed by atoms with Gasteiger partial charge in [0.25, 0.3) is 17.9 Å². The van der Waals surface area contributed by atoms with Crippen molar-refractivity contribution in [3.05, 3.63) is 152 Å². The van der Waals surface area contributed by atoms with Crippen LogP contribution in [0.15, 0.2) is 95.6 Å². The van der Waals surface area contributed by atoms with Crippen molar-refractivity contribution in [2.45, 2.75) is 169 Å². The summed E-state index contributed by atoms with van der Waals surface area (Å²) in [6.07, 6.45) is 0.0178. The van der Waals surface area contributed by atoms with Crippen molar-refractivity contribution in [2.24, 2.45) is 17.3 Å². The Morgan fingerprint density at radius 2 is 1.68 bits per heavy atom. The highest BCUT2D eigenvalue weighted by Gasteiger charge is 2.79. The Hall–Kier alpha value is -9.40. The number of nitrogens with one attached hydrogen (secondary N) is 4. The van der Waals surface area contributed by atoms with Gasteiger partial charge in [0.05, 0.1) is 60.8 Å². The van der Waals surface area contributed by atoms with Crippen molar-refractivity contribution in [1.82, 2.24) is 60.9 Å². The first-order valence-corrected chi connectivity index (χ1v) is 41.3. The molecule has 3 aromatic carbocycles. The first-order valence-electron chi connectivity index (χ1n) is 38.8. The molecule has 620 valence electrons. The molecule has 3 aromatic heterocycles. The number of methoxy groups -OCH3 is 1. The lowest BCUT2D eigenvalue weighted by Crippen LogP contribution is -2.82. The van der Waals surface area contributed by atoms with Crippen LogP contribution in [-0.4, -0.2) is 268 Å². The Morgan fingerprint density at radius 1 is 0.905 bits per heavy atom. The fourth-order valence-electron chi connectivity index (χ4n) is 19.5. The molecule has 16 atom stereocenters. The van der Waals surface area contributed by atoms with Gasteiger partial charge in [-0.25, -0.2) is 34.6 Å². The van der Waals surface area contributed by atoms with E-state index in [0.29, 0.717) is 124 Å². The molecule has 116 heavy (non-hydrogen) atoms. The molecule has 6 aromatic rings. The predicted molar refractivity (Wildman–Crippen MR) is 418 cm³/mol. The molecule has 4 fully saturated rings. The number of benzene rings is 3. The van der Waals surface area contributed by atoms with Crippen LogP contribution in [0.2, 0.25) is 0 Å². The minimum atomic E-state index is -2.59. The Balaban J connectivity index is 0.00000384. The summed E-state index contributed by atoms with van der Waals surface area (Å²) in [5.41, 5.74) is 7.12. The summed E-state index contributed by atoms with van der Waals surface area (Å²) in [6, 6.07) is 18.0. The fraction of sp³-hybridized carbons (Fsp3) is 0.537. The van der Waals surface area contributed by atoms with Crippen LogP contribution in [0, 0.1) is 24.2 Å². The second kappa shape index (κ2) is 35.4. The van der Waals surface area contributed by atoms with Gasteiger partial charge in [-0.15, -0.1) is 5.10 Å². The van der Waals surface area contributed by atoms with Crippen molar-refractivity contribution in [3.8, 4) is 5.75 Å². The van der Waals surface area contributed by atoms with Crippen LogP contribution in [0.25, 0.3) is 16.7 Å². The zero-order valence-corrected chi connectivity index (χ0v) is 66.5. The number of hydrogen-bond donors (Lipinski definition) is 11. The lowest BCUT2D eigenvalue weighted by Gasteiger charge is -2.63. The average molecular weight is 1640 g/mol. The number of ketones is 1. The van der Waals surface area contributed by atoms with Crippen molar-refractivity contribution in [2.75, 3.05) is 89.7 Å². The van der Waals surface area contributed by atoms with Gasteiger partial charge in [0, 0.05) is 110 Å². The van der Waals surface area contributed by atoms with E-state index in [1.54, 1.807) is 44.5 Å². The second-order valence-electron chi connectivity index (χ2n) is 31.2. The third-order valence-corrected chi connectivity index (χ3v) is 27.0. The number of aliphatic carboxylic acids is 1. The van der Waals surface area contributed by atoms with Gasteiger partial charge >= 0.3 is 18.2 Å². The zero-order chi connectivity index (χ0) is 82.6. The summed E-state index contributed by atoms with van der Waals surface area (Å²) in [7, 11) is 6.14. The van der Waals surface area contributed by atoms with Crippen LogP contribution < -0.4 is 31.4 Å². The van der Waals surface area contributed by atoms with E-state index in [4.69, 9.17) is 33.3 Å². The number of carboxylic acid groups (broad SMARTS) is 1. The number of carbonyl (C=O) groups is 6. The second-order valence-corrected chi connectivity index (χ2v) is 33.9. The minimum absolute atomic E-state index is 0.00240. The number of ether oxygens (including phenoxy) is 5. The zero-order valence-electron chi connectivity index (χ0n) is 64.9. The van der Waals surface area contributed by atoms with Crippen molar-refractivity contribution < 1.29 is 97.8 Å². The number of piperidine rings is 1. The number of hydrazine groups is 1. The van der Waals surface area contributed by atoms with Gasteiger partial charge in [0.2, 0.25) is 5.91 Å². The summed E-state index contributed by atoms with van der Waals surface area (Å²) in [4.78, 5) is 132. The number of aryl methyl sites for hydroxylation is 3. The first-order chi connectivity index (χ1) is 55.7. The number of rotatable bonds is 29. The Labute approximate surface area is 674 Å². The summed E-state index contributed by atoms with van der Waals surface area (Å²) in [5, 5.41) is 90.5. The van der Waals surface area contributed by atoms with Crippen LogP contribution in [0.3, 0.4) is 0 Å². The molecular weight excluding hydrogens is 1540 g/mol. The van der Waals surface area contributed by atoms with E-state index in [0.717, 1.165) is 40.9 Å². The number of Topliss-reactive ketones (excluding diaryl/α,β-unsaturated/α-hetero) is 1.